The topological polar surface area (TPSA) is 38.5 Å². The molecule has 0 saturated carbocycles. The van der Waals surface area contributed by atoms with Crippen molar-refractivity contribution < 1.29 is 13.5 Å². The van der Waals surface area contributed by atoms with E-state index in [9.17, 15) is 8.78 Å². The van der Waals surface area contributed by atoms with Gasteiger partial charge >= 0.3 is 0 Å². The van der Waals surface area contributed by atoms with E-state index in [0.717, 1.165) is 17.8 Å². The van der Waals surface area contributed by atoms with Gasteiger partial charge < -0.3 is 15.4 Å². The highest BCUT2D eigenvalue weighted by atomic mass is 19.1. The average Bonchev–Trinajstić information content (AvgIpc) is 2.51. The SMILES string of the molecule is COc1ccccc1N(C)C(CN)c1cc(F)ccc1F. The second kappa shape index (κ2) is 6.54. The minimum Gasteiger partial charge on any atom is -0.495 e. The smallest absolute Gasteiger partial charge is 0.142 e. The largest absolute Gasteiger partial charge is 0.495 e. The molecule has 0 heterocycles. The lowest BCUT2D eigenvalue weighted by Gasteiger charge is -2.30. The van der Waals surface area contributed by atoms with Crippen LogP contribution in [-0.2, 0) is 0 Å². The molecule has 0 aromatic heterocycles. The van der Waals surface area contributed by atoms with Gasteiger partial charge in [0.2, 0.25) is 0 Å². The van der Waals surface area contributed by atoms with E-state index in [0.29, 0.717) is 5.75 Å². The van der Waals surface area contributed by atoms with Crippen molar-refractivity contribution in [1.82, 2.24) is 0 Å². The normalized spacial score (nSPS) is 12.0. The molecule has 5 heteroatoms. The highest BCUT2D eigenvalue weighted by Crippen LogP contribution is 2.33. The first-order valence-electron chi connectivity index (χ1n) is 6.59. The summed E-state index contributed by atoms with van der Waals surface area (Å²) in [7, 11) is 3.34. The fraction of sp³-hybridized carbons (Fsp3) is 0.250. The van der Waals surface area contributed by atoms with Gasteiger partial charge in [-0.1, -0.05) is 12.1 Å². The molecular weight excluding hydrogens is 274 g/mol. The van der Waals surface area contributed by atoms with Crippen LogP contribution >= 0.6 is 0 Å². The molecule has 0 aliphatic rings. The van der Waals surface area contributed by atoms with Crippen molar-refractivity contribution in [3.63, 3.8) is 0 Å². The number of halogens is 2. The van der Waals surface area contributed by atoms with Gasteiger partial charge in [-0.05, 0) is 30.3 Å². The third-order valence-corrected chi connectivity index (χ3v) is 3.47. The van der Waals surface area contributed by atoms with Crippen LogP contribution in [0.25, 0.3) is 0 Å². The molecule has 21 heavy (non-hydrogen) atoms. The Morgan fingerprint density at radius 3 is 2.57 bits per heavy atom. The minimum atomic E-state index is -0.489. The number of hydrogen-bond donors (Lipinski definition) is 1. The Morgan fingerprint density at radius 1 is 1.19 bits per heavy atom. The standard InChI is InChI=1S/C16H18F2N2O/c1-20(14-5-3-4-6-16(14)21-2)15(10-19)12-9-11(17)7-8-13(12)18/h3-9,15H,10,19H2,1-2H3. The first-order valence-corrected chi connectivity index (χ1v) is 6.59. The zero-order chi connectivity index (χ0) is 15.4. The summed E-state index contributed by atoms with van der Waals surface area (Å²) in [4.78, 5) is 1.79. The van der Waals surface area contributed by atoms with Crippen molar-refractivity contribution in [1.29, 1.82) is 0 Å². The zero-order valence-electron chi connectivity index (χ0n) is 12.0. The Labute approximate surface area is 122 Å². The van der Waals surface area contributed by atoms with Crippen LogP contribution < -0.4 is 15.4 Å². The van der Waals surface area contributed by atoms with Crippen molar-refractivity contribution in [2.24, 2.45) is 5.73 Å². The summed E-state index contributed by atoms with van der Waals surface area (Å²) in [5.41, 5.74) is 6.77. The van der Waals surface area contributed by atoms with Gasteiger partial charge in [0.25, 0.3) is 0 Å². The van der Waals surface area contributed by atoms with Crippen LogP contribution in [0.2, 0.25) is 0 Å². The van der Waals surface area contributed by atoms with Gasteiger partial charge in [0.1, 0.15) is 17.4 Å². The number of methoxy groups -OCH3 is 1. The summed E-state index contributed by atoms with van der Waals surface area (Å²) >= 11 is 0. The van der Waals surface area contributed by atoms with E-state index in [1.807, 2.05) is 18.2 Å². The van der Waals surface area contributed by atoms with E-state index >= 15 is 0 Å². The highest BCUT2D eigenvalue weighted by molar-refractivity contribution is 5.59. The second-order valence-electron chi connectivity index (χ2n) is 4.70. The van der Waals surface area contributed by atoms with Crippen LogP contribution in [0, 0.1) is 11.6 Å². The number of hydrogen-bond acceptors (Lipinski definition) is 3. The van der Waals surface area contributed by atoms with Crippen LogP contribution in [0.15, 0.2) is 42.5 Å². The van der Waals surface area contributed by atoms with Gasteiger partial charge in [-0.2, -0.15) is 0 Å². The lowest BCUT2D eigenvalue weighted by molar-refractivity contribution is 0.413. The van der Waals surface area contributed by atoms with Gasteiger partial charge in [0.05, 0.1) is 18.8 Å². The van der Waals surface area contributed by atoms with E-state index in [-0.39, 0.29) is 12.1 Å². The van der Waals surface area contributed by atoms with Crippen molar-refractivity contribution in [2.45, 2.75) is 6.04 Å². The molecule has 0 aliphatic heterocycles. The molecule has 112 valence electrons. The number of nitrogens with two attached hydrogens (primary N) is 1. The zero-order valence-corrected chi connectivity index (χ0v) is 12.0. The molecule has 2 N–H and O–H groups in total. The van der Waals surface area contributed by atoms with Crippen molar-refractivity contribution in [3.05, 3.63) is 59.7 Å². The van der Waals surface area contributed by atoms with Crippen molar-refractivity contribution in [3.8, 4) is 5.75 Å². The minimum absolute atomic E-state index is 0.148. The third kappa shape index (κ3) is 3.13. The Kier molecular flexibility index (Phi) is 4.75. The third-order valence-electron chi connectivity index (χ3n) is 3.47. The second-order valence-corrected chi connectivity index (χ2v) is 4.70. The maximum atomic E-state index is 14.0. The quantitative estimate of drug-likeness (QED) is 0.920. The molecule has 2 rings (SSSR count). The van der Waals surface area contributed by atoms with E-state index in [1.54, 1.807) is 25.1 Å². The molecule has 0 bridgehead atoms. The average molecular weight is 292 g/mol. The summed E-state index contributed by atoms with van der Waals surface area (Å²) in [5.74, 6) is -0.317. The monoisotopic (exact) mass is 292 g/mol. The van der Waals surface area contributed by atoms with Crippen LogP contribution in [-0.4, -0.2) is 20.7 Å². The van der Waals surface area contributed by atoms with Crippen molar-refractivity contribution in [2.75, 3.05) is 25.6 Å². The number of rotatable bonds is 5. The fourth-order valence-corrected chi connectivity index (χ4v) is 2.35. The Morgan fingerprint density at radius 2 is 1.90 bits per heavy atom. The summed E-state index contributed by atoms with van der Waals surface area (Å²) < 4.78 is 32.7. The summed E-state index contributed by atoms with van der Waals surface area (Å²) in [6.07, 6.45) is 0. The first-order chi connectivity index (χ1) is 10.1. The van der Waals surface area contributed by atoms with Gasteiger partial charge in [-0.3, -0.25) is 0 Å². The van der Waals surface area contributed by atoms with Crippen molar-refractivity contribution >= 4 is 5.69 Å². The van der Waals surface area contributed by atoms with Crippen LogP contribution in [0.1, 0.15) is 11.6 Å². The van der Waals surface area contributed by atoms with E-state index < -0.39 is 17.7 Å². The van der Waals surface area contributed by atoms with E-state index in [4.69, 9.17) is 10.5 Å². The van der Waals surface area contributed by atoms with Crippen LogP contribution in [0.3, 0.4) is 0 Å². The summed E-state index contributed by atoms with van der Waals surface area (Å²) in [6.45, 7) is 0.148. The van der Waals surface area contributed by atoms with Gasteiger partial charge in [0.15, 0.2) is 0 Å². The number of likely N-dealkylation sites (N-methyl/N-ethyl adjacent to an activating group) is 1. The lowest BCUT2D eigenvalue weighted by Crippen LogP contribution is -2.31. The number of ether oxygens (including phenoxy) is 1. The fourth-order valence-electron chi connectivity index (χ4n) is 2.35. The molecule has 0 saturated heterocycles. The van der Waals surface area contributed by atoms with Crippen LogP contribution in [0.4, 0.5) is 14.5 Å². The van der Waals surface area contributed by atoms with E-state index in [2.05, 4.69) is 0 Å². The van der Waals surface area contributed by atoms with Gasteiger partial charge in [-0.15, -0.1) is 0 Å². The molecule has 0 amide bonds. The predicted molar refractivity (Wildman–Crippen MR) is 79.6 cm³/mol. The molecular formula is C16H18F2N2O. The lowest BCUT2D eigenvalue weighted by atomic mass is 10.0. The summed E-state index contributed by atoms with van der Waals surface area (Å²) in [6, 6.07) is 10.2. The number of para-hydroxylation sites is 2. The van der Waals surface area contributed by atoms with Gasteiger partial charge in [-0.25, -0.2) is 8.78 Å². The maximum absolute atomic E-state index is 14.0. The molecule has 0 spiro atoms. The molecule has 0 aliphatic carbocycles. The Hall–Kier alpha value is -2.14. The number of nitrogens with zero attached hydrogens (tertiary/aromatic N) is 1. The van der Waals surface area contributed by atoms with E-state index in [1.165, 1.54) is 6.07 Å². The summed E-state index contributed by atoms with van der Waals surface area (Å²) in [5, 5.41) is 0. The Bertz CT molecular complexity index is 619. The van der Waals surface area contributed by atoms with Crippen LogP contribution in [0.5, 0.6) is 5.75 Å². The predicted octanol–water partition coefficient (Wildman–Crippen LogP) is 3.11. The molecule has 3 nitrogen and oxygen atoms in total. The van der Waals surface area contributed by atoms with Gasteiger partial charge in [0, 0.05) is 19.2 Å². The molecule has 0 fully saturated rings. The number of anilines is 1. The molecule has 1 atom stereocenters. The molecule has 2 aromatic rings. The highest BCUT2D eigenvalue weighted by Gasteiger charge is 2.22. The molecule has 0 radical (unpaired) electrons. The number of benzene rings is 2. The molecule has 2 aromatic carbocycles. The Balaban J connectivity index is 2.43. The maximum Gasteiger partial charge on any atom is 0.142 e. The first kappa shape index (κ1) is 15.3. The molecule has 1 unspecified atom stereocenters.